The fourth-order valence-corrected chi connectivity index (χ4v) is 2.53. The van der Waals surface area contributed by atoms with Crippen LogP contribution in [0.15, 0.2) is 28.2 Å². The molecule has 0 bridgehead atoms. The topological polar surface area (TPSA) is 49.6 Å². The van der Waals surface area contributed by atoms with E-state index in [0.717, 1.165) is 11.3 Å². The highest BCUT2D eigenvalue weighted by Crippen LogP contribution is 2.40. The van der Waals surface area contributed by atoms with E-state index in [4.69, 9.17) is 5.26 Å². The molecule has 1 aliphatic rings. The average Bonchev–Trinajstić information content (AvgIpc) is 2.66. The van der Waals surface area contributed by atoms with Crippen LogP contribution in [0.2, 0.25) is 0 Å². The van der Waals surface area contributed by atoms with E-state index in [1.807, 2.05) is 6.07 Å². The van der Waals surface area contributed by atoms with E-state index in [2.05, 4.69) is 26.1 Å². The highest BCUT2D eigenvalue weighted by atomic mass is 79.9. The molecule has 6 heteroatoms. The predicted molar refractivity (Wildman–Crippen MR) is 57.8 cm³/mol. The maximum atomic E-state index is 14.5. The number of allylic oxidation sites excluding steroid dienone is 4. The molecule has 0 spiro atoms. The molecule has 0 fully saturated rings. The second-order valence-electron chi connectivity index (χ2n) is 2.98. The zero-order chi connectivity index (χ0) is 10.9. The highest BCUT2D eigenvalue weighted by molar-refractivity contribution is 9.11. The highest BCUT2D eigenvalue weighted by Gasteiger charge is 2.42. The van der Waals surface area contributed by atoms with E-state index in [9.17, 15) is 4.39 Å². The lowest BCUT2D eigenvalue weighted by Gasteiger charge is -2.23. The summed E-state index contributed by atoms with van der Waals surface area (Å²) >= 11 is 4.21. The molecule has 0 amide bonds. The Bertz CT molecular complexity index is 476. The lowest BCUT2D eigenvalue weighted by Crippen LogP contribution is -2.27. The first-order chi connectivity index (χ1) is 7.16. The smallest absolute Gasteiger partial charge is 0.201 e. The number of nitriles is 1. The first kappa shape index (κ1) is 10.5. The Morgan fingerprint density at radius 2 is 2.33 bits per heavy atom. The van der Waals surface area contributed by atoms with Crippen LogP contribution < -0.4 is 0 Å². The monoisotopic (exact) mass is 285 g/mol. The average molecular weight is 286 g/mol. The molecule has 0 saturated carbocycles. The number of halogens is 2. The van der Waals surface area contributed by atoms with Gasteiger partial charge in [-0.1, -0.05) is 29.6 Å². The van der Waals surface area contributed by atoms with Gasteiger partial charge < -0.3 is 0 Å². The van der Waals surface area contributed by atoms with Crippen molar-refractivity contribution >= 4 is 27.3 Å². The lowest BCUT2D eigenvalue weighted by molar-refractivity contribution is 0.194. The van der Waals surface area contributed by atoms with Gasteiger partial charge in [0.2, 0.25) is 5.67 Å². The molecule has 2 unspecified atom stereocenters. The number of hydrogen-bond donors (Lipinski definition) is 0. The van der Waals surface area contributed by atoms with Crippen LogP contribution >= 0.6 is 27.3 Å². The van der Waals surface area contributed by atoms with E-state index >= 15 is 0 Å². The zero-order valence-corrected chi connectivity index (χ0v) is 9.80. The van der Waals surface area contributed by atoms with Crippen LogP contribution in [-0.2, 0) is 5.67 Å². The van der Waals surface area contributed by atoms with Gasteiger partial charge in [0.05, 0.1) is 6.07 Å². The minimum absolute atomic E-state index is 0.196. The van der Waals surface area contributed by atoms with Crippen molar-refractivity contribution in [3.05, 3.63) is 33.2 Å². The van der Waals surface area contributed by atoms with Crippen molar-refractivity contribution in [2.24, 2.45) is 5.92 Å². The third-order valence-electron chi connectivity index (χ3n) is 2.07. The Hall–Kier alpha value is -1.06. The largest absolute Gasteiger partial charge is 0.229 e. The van der Waals surface area contributed by atoms with Crippen molar-refractivity contribution < 1.29 is 4.39 Å². The molecule has 0 radical (unpaired) electrons. The fraction of sp³-hybridized carbons (Fsp3) is 0.222. The SMILES string of the molecule is N#CC1C=CC=CC1(F)c1nnc(Br)s1. The van der Waals surface area contributed by atoms with Crippen LogP contribution in [0.1, 0.15) is 5.01 Å². The third kappa shape index (κ3) is 1.73. The quantitative estimate of drug-likeness (QED) is 0.797. The summed E-state index contributed by atoms with van der Waals surface area (Å²) in [6, 6.07) is 1.91. The second-order valence-corrected chi connectivity index (χ2v) is 5.23. The van der Waals surface area contributed by atoms with Gasteiger partial charge >= 0.3 is 0 Å². The predicted octanol–water partition coefficient (Wildman–Crippen LogP) is 2.73. The molecule has 0 aliphatic heterocycles. The van der Waals surface area contributed by atoms with Gasteiger partial charge in [-0.3, -0.25) is 0 Å². The van der Waals surface area contributed by atoms with Crippen molar-refractivity contribution in [1.82, 2.24) is 10.2 Å². The Morgan fingerprint density at radius 1 is 1.53 bits per heavy atom. The molecule has 2 rings (SSSR count). The van der Waals surface area contributed by atoms with Crippen LogP contribution in [-0.4, -0.2) is 10.2 Å². The van der Waals surface area contributed by atoms with Gasteiger partial charge in [-0.25, -0.2) is 4.39 Å². The number of alkyl halides is 1. The summed E-state index contributed by atoms with van der Waals surface area (Å²) in [5, 5.41) is 16.5. The van der Waals surface area contributed by atoms with Crippen molar-refractivity contribution in [3.63, 3.8) is 0 Å². The molecule has 0 saturated heterocycles. The molecular formula is C9H5BrFN3S. The molecule has 0 aromatic carbocycles. The van der Waals surface area contributed by atoms with Crippen LogP contribution in [0.25, 0.3) is 0 Å². The van der Waals surface area contributed by atoms with Crippen LogP contribution in [0, 0.1) is 17.2 Å². The van der Waals surface area contributed by atoms with E-state index in [-0.39, 0.29) is 5.01 Å². The van der Waals surface area contributed by atoms with Crippen molar-refractivity contribution in [1.29, 1.82) is 5.26 Å². The van der Waals surface area contributed by atoms with Crippen molar-refractivity contribution in [3.8, 4) is 6.07 Å². The summed E-state index contributed by atoms with van der Waals surface area (Å²) in [5.41, 5.74) is -1.85. The van der Waals surface area contributed by atoms with Gasteiger partial charge in [-0.15, -0.1) is 10.2 Å². The molecule has 0 N–H and O–H groups in total. The second kappa shape index (κ2) is 3.83. The summed E-state index contributed by atoms with van der Waals surface area (Å²) in [5.74, 6) is -0.845. The van der Waals surface area contributed by atoms with E-state index in [1.54, 1.807) is 12.2 Å². The van der Waals surface area contributed by atoms with Gasteiger partial charge in [0.25, 0.3) is 0 Å². The first-order valence-electron chi connectivity index (χ1n) is 4.11. The fourth-order valence-electron chi connectivity index (χ4n) is 1.32. The Balaban J connectivity index is 2.46. The van der Waals surface area contributed by atoms with E-state index in [0.29, 0.717) is 3.92 Å². The number of nitrogens with zero attached hydrogens (tertiary/aromatic N) is 3. The minimum Gasteiger partial charge on any atom is -0.229 e. The number of rotatable bonds is 1. The lowest BCUT2D eigenvalue weighted by atomic mass is 9.87. The summed E-state index contributed by atoms with van der Waals surface area (Å²) in [4.78, 5) is 0. The summed E-state index contributed by atoms with van der Waals surface area (Å²) in [7, 11) is 0. The Morgan fingerprint density at radius 3 is 2.93 bits per heavy atom. The maximum absolute atomic E-state index is 14.5. The first-order valence-corrected chi connectivity index (χ1v) is 5.72. The molecule has 3 nitrogen and oxygen atoms in total. The van der Waals surface area contributed by atoms with Crippen LogP contribution in [0.5, 0.6) is 0 Å². The molecule has 2 atom stereocenters. The van der Waals surface area contributed by atoms with E-state index < -0.39 is 11.6 Å². The number of hydrogen-bond acceptors (Lipinski definition) is 4. The molecule has 15 heavy (non-hydrogen) atoms. The minimum atomic E-state index is -1.85. The van der Waals surface area contributed by atoms with Crippen LogP contribution in [0.4, 0.5) is 4.39 Å². The van der Waals surface area contributed by atoms with Gasteiger partial charge in [-0.05, 0) is 22.0 Å². The summed E-state index contributed by atoms with van der Waals surface area (Å²) in [6.07, 6.45) is 6.09. The number of aromatic nitrogens is 2. The third-order valence-corrected chi connectivity index (χ3v) is 3.56. The molecule has 76 valence electrons. The van der Waals surface area contributed by atoms with Gasteiger partial charge in [0, 0.05) is 0 Å². The van der Waals surface area contributed by atoms with Gasteiger partial charge in [0.15, 0.2) is 8.92 Å². The Labute approximate surface area is 98.1 Å². The molecular weight excluding hydrogens is 281 g/mol. The normalized spacial score (nSPS) is 29.0. The molecule has 1 aliphatic carbocycles. The molecule has 1 heterocycles. The van der Waals surface area contributed by atoms with Crippen molar-refractivity contribution in [2.45, 2.75) is 5.67 Å². The summed E-state index contributed by atoms with van der Waals surface area (Å²) in [6.45, 7) is 0. The van der Waals surface area contributed by atoms with E-state index in [1.165, 1.54) is 12.2 Å². The zero-order valence-electron chi connectivity index (χ0n) is 7.39. The van der Waals surface area contributed by atoms with Gasteiger partial charge in [-0.2, -0.15) is 5.26 Å². The van der Waals surface area contributed by atoms with Gasteiger partial charge in [0.1, 0.15) is 5.92 Å². The molecule has 1 aromatic rings. The maximum Gasteiger partial charge on any atom is 0.201 e. The Kier molecular flexibility index (Phi) is 2.67. The summed E-state index contributed by atoms with van der Waals surface area (Å²) < 4.78 is 15.0. The molecule has 1 aromatic heterocycles. The van der Waals surface area contributed by atoms with Crippen LogP contribution in [0.3, 0.4) is 0 Å². The standard InChI is InChI=1S/C9H5BrFN3S/c10-8-14-13-7(15-8)9(11)4-2-1-3-6(9)5-12/h1-4,6H. The van der Waals surface area contributed by atoms with Crippen molar-refractivity contribution in [2.75, 3.05) is 0 Å².